The summed E-state index contributed by atoms with van der Waals surface area (Å²) in [6.07, 6.45) is -1.34. The molecule has 0 radical (unpaired) electrons. The van der Waals surface area contributed by atoms with Crippen LogP contribution in [0.2, 0.25) is 0 Å². The zero-order chi connectivity index (χ0) is 36.6. The number of Topliss-reactive ketones (excluding diaryl/α,β-unsaturated/α-hetero) is 2. The van der Waals surface area contributed by atoms with E-state index in [0.717, 1.165) is 14.2 Å². The largest absolute Gasteiger partial charge is 0.504 e. The van der Waals surface area contributed by atoms with Gasteiger partial charge in [-0.15, -0.1) is 0 Å². The summed E-state index contributed by atoms with van der Waals surface area (Å²) in [6.45, 7) is 0. The van der Waals surface area contributed by atoms with Crippen LogP contribution in [0, 0.1) is 0 Å². The van der Waals surface area contributed by atoms with Crippen molar-refractivity contribution in [3.8, 4) is 11.5 Å². The minimum absolute atomic E-state index is 0.153. The molecule has 0 unspecified atom stereocenters. The third kappa shape index (κ3) is 5.99. The van der Waals surface area contributed by atoms with Gasteiger partial charge in [-0.2, -0.15) is 0 Å². The summed E-state index contributed by atoms with van der Waals surface area (Å²) in [5.74, 6) is -8.90. The maximum absolute atomic E-state index is 14.1. The number of aliphatic hydroxyl groups is 2. The molecule has 260 valence electrons. The van der Waals surface area contributed by atoms with Gasteiger partial charge in [0.2, 0.25) is 11.6 Å². The number of ether oxygens (including phenoxy) is 4. The number of aromatic nitrogens is 2. The van der Waals surface area contributed by atoms with E-state index in [-0.39, 0.29) is 11.1 Å². The fourth-order valence-electron chi connectivity index (χ4n) is 6.29. The van der Waals surface area contributed by atoms with Gasteiger partial charge in [-0.3, -0.25) is 28.8 Å². The third-order valence-corrected chi connectivity index (χ3v) is 9.00. The van der Waals surface area contributed by atoms with Crippen LogP contribution >= 0.6 is 0 Å². The van der Waals surface area contributed by atoms with Gasteiger partial charge in [0.05, 0.1) is 63.5 Å². The minimum atomic E-state index is -1.56. The second-order valence-corrected chi connectivity index (χ2v) is 11.6. The molecule has 0 saturated carbocycles. The Balaban J connectivity index is 1.71. The highest BCUT2D eigenvalue weighted by molar-refractivity contribution is 6.24. The number of carbonyl (C=O) groups is 4. The van der Waals surface area contributed by atoms with E-state index in [4.69, 9.17) is 18.9 Å². The molecule has 0 bridgehead atoms. The molecule has 4 aromatic rings. The van der Waals surface area contributed by atoms with Crippen LogP contribution in [0.4, 0.5) is 0 Å². The Morgan fingerprint density at radius 3 is 1.30 bits per heavy atom. The summed E-state index contributed by atoms with van der Waals surface area (Å²) < 4.78 is 22.7. The first-order valence-corrected chi connectivity index (χ1v) is 15.2. The number of hydrogen-bond donors (Lipinski definition) is 2. The Labute approximate surface area is 284 Å². The molecule has 0 spiro atoms. The molecule has 2 heterocycles. The van der Waals surface area contributed by atoms with E-state index in [1.54, 1.807) is 36.4 Å². The van der Waals surface area contributed by atoms with E-state index in [1.807, 2.05) is 0 Å². The molecule has 2 aromatic heterocycles. The molecule has 50 heavy (non-hydrogen) atoms. The lowest BCUT2D eigenvalue weighted by atomic mass is 9.76. The van der Waals surface area contributed by atoms with Gasteiger partial charge in [-0.25, -0.2) is 0 Å². The first kappa shape index (κ1) is 35.1. The van der Waals surface area contributed by atoms with Gasteiger partial charge in [0.25, 0.3) is 11.1 Å². The van der Waals surface area contributed by atoms with Crippen molar-refractivity contribution in [2.75, 3.05) is 28.4 Å². The predicted molar refractivity (Wildman–Crippen MR) is 180 cm³/mol. The van der Waals surface area contributed by atoms with Crippen molar-refractivity contribution >= 4 is 45.3 Å². The Morgan fingerprint density at radius 2 is 0.980 bits per heavy atom. The van der Waals surface area contributed by atoms with Gasteiger partial charge in [0.15, 0.2) is 11.5 Å². The second-order valence-electron chi connectivity index (χ2n) is 11.6. The Morgan fingerprint density at radius 1 is 0.620 bits per heavy atom. The van der Waals surface area contributed by atoms with Crippen LogP contribution in [0.15, 0.2) is 80.8 Å². The van der Waals surface area contributed by atoms with Crippen LogP contribution in [0.25, 0.3) is 21.8 Å². The smallest absolute Gasteiger partial charge is 0.306 e. The zero-order valence-corrected chi connectivity index (χ0v) is 28.1. The van der Waals surface area contributed by atoms with E-state index < -0.39 is 82.0 Å². The maximum atomic E-state index is 14.1. The van der Waals surface area contributed by atoms with Gasteiger partial charge in [-0.1, -0.05) is 0 Å². The molecule has 2 N–H and O–H groups in total. The molecule has 0 saturated heterocycles. The molecule has 5 rings (SSSR count). The van der Waals surface area contributed by atoms with Gasteiger partial charge >= 0.3 is 11.9 Å². The van der Waals surface area contributed by atoms with Crippen LogP contribution in [0.5, 0.6) is 11.5 Å². The van der Waals surface area contributed by atoms with Gasteiger partial charge in [0.1, 0.15) is 11.5 Å². The summed E-state index contributed by atoms with van der Waals surface area (Å²) in [5.41, 5.74) is -2.22. The Bertz CT molecular complexity index is 2130. The van der Waals surface area contributed by atoms with Gasteiger partial charge < -0.3 is 38.3 Å². The number of benzene rings is 2. The first-order valence-electron chi connectivity index (χ1n) is 15.2. The van der Waals surface area contributed by atoms with Crippen LogP contribution in [-0.4, -0.2) is 71.3 Å². The molecular formula is C36H34N2O12. The van der Waals surface area contributed by atoms with E-state index >= 15 is 0 Å². The average Bonchev–Trinajstić information content (AvgIpc) is 3.12. The van der Waals surface area contributed by atoms with Crippen molar-refractivity contribution in [1.29, 1.82) is 0 Å². The highest BCUT2D eigenvalue weighted by Gasteiger charge is 2.44. The van der Waals surface area contributed by atoms with Crippen molar-refractivity contribution in [1.82, 2.24) is 9.13 Å². The predicted octanol–water partition coefficient (Wildman–Crippen LogP) is 3.18. The molecule has 2 atom stereocenters. The topological polar surface area (TPSA) is 190 Å². The number of esters is 2. The molecule has 2 aromatic carbocycles. The molecule has 14 nitrogen and oxygen atoms in total. The summed E-state index contributed by atoms with van der Waals surface area (Å²) in [6, 6.07) is 12.6. The number of methoxy groups -OCH3 is 4. The summed E-state index contributed by atoms with van der Waals surface area (Å²) in [7, 11) is 8.00. The van der Waals surface area contributed by atoms with Crippen LogP contribution in [0.3, 0.4) is 0 Å². The van der Waals surface area contributed by atoms with Crippen molar-refractivity contribution < 1.29 is 48.3 Å². The monoisotopic (exact) mass is 686 g/mol. The number of pyridine rings is 2. The molecule has 0 aliphatic heterocycles. The number of fused-ring (bicyclic) bond motifs is 2. The van der Waals surface area contributed by atoms with E-state index in [1.165, 1.54) is 49.6 Å². The Hall–Kier alpha value is -6.18. The number of nitrogens with zero attached hydrogens (tertiary/aromatic N) is 2. The molecule has 1 aliphatic carbocycles. The lowest BCUT2D eigenvalue weighted by Crippen LogP contribution is -2.35. The number of ketones is 2. The van der Waals surface area contributed by atoms with E-state index in [2.05, 4.69) is 0 Å². The SMILES string of the molecule is COC(=O)C[C@H](C1=C(O)C(=O)C([C@H](CC(=O)OC)c2cc3ccc(OC)cc3n(C)c2=O)=C(O)C1=O)c1cc2ccc(OC)cc2n(C)c1=O. The van der Waals surface area contributed by atoms with Gasteiger partial charge in [0, 0.05) is 49.2 Å². The maximum Gasteiger partial charge on any atom is 0.306 e. The molecule has 14 heteroatoms. The average molecular weight is 687 g/mol. The number of aryl methyl sites for hydroxylation is 2. The molecule has 1 aliphatic rings. The van der Waals surface area contributed by atoms with Crippen LogP contribution < -0.4 is 20.6 Å². The third-order valence-electron chi connectivity index (χ3n) is 9.00. The zero-order valence-electron chi connectivity index (χ0n) is 28.1. The van der Waals surface area contributed by atoms with E-state index in [9.17, 15) is 39.0 Å². The molecular weight excluding hydrogens is 652 g/mol. The lowest BCUT2D eigenvalue weighted by Gasteiger charge is -2.27. The number of hydrogen-bond acceptors (Lipinski definition) is 12. The summed E-state index contributed by atoms with van der Waals surface area (Å²) in [5, 5.41) is 23.9. The fourth-order valence-corrected chi connectivity index (χ4v) is 6.29. The summed E-state index contributed by atoms with van der Waals surface area (Å²) in [4.78, 5) is 81.0. The number of aliphatic hydroxyl groups excluding tert-OH is 2. The van der Waals surface area contributed by atoms with Crippen LogP contribution in [-0.2, 0) is 42.7 Å². The van der Waals surface area contributed by atoms with Crippen LogP contribution in [0.1, 0.15) is 35.8 Å². The standard InChI is InChI=1S/C36H34N2O12/c1-37-25-13-19(47-3)9-7-17(25)11-23(35(37)45)21(15-27(39)49-5)29-31(41)33(43)30(34(44)32(29)42)22(16-28(40)50-6)24-12-18-8-10-20(48-4)14-26(18)38(2)36(24)46/h7-14,21-22,41,44H,15-16H2,1-6H3/t21-,22+. The molecule has 0 fully saturated rings. The van der Waals surface area contributed by atoms with Crippen molar-refractivity contribution in [3.05, 3.63) is 103 Å². The van der Waals surface area contributed by atoms with Crippen molar-refractivity contribution in [3.63, 3.8) is 0 Å². The summed E-state index contributed by atoms with van der Waals surface area (Å²) >= 11 is 0. The minimum Gasteiger partial charge on any atom is -0.504 e. The molecule has 0 amide bonds. The highest BCUT2D eigenvalue weighted by Crippen LogP contribution is 2.41. The normalized spacial score (nSPS) is 14.6. The quantitative estimate of drug-likeness (QED) is 0.183. The van der Waals surface area contributed by atoms with Gasteiger partial charge in [-0.05, 0) is 47.2 Å². The second kappa shape index (κ2) is 13.7. The highest BCUT2D eigenvalue weighted by atomic mass is 16.5. The van der Waals surface area contributed by atoms with Crippen molar-refractivity contribution in [2.45, 2.75) is 24.7 Å². The Kier molecular flexibility index (Phi) is 9.66. The number of allylic oxidation sites excluding steroid dienone is 2. The first-order chi connectivity index (χ1) is 23.8. The number of rotatable bonds is 10. The lowest BCUT2D eigenvalue weighted by molar-refractivity contribution is -0.142. The van der Waals surface area contributed by atoms with Crippen molar-refractivity contribution in [2.24, 2.45) is 14.1 Å². The van der Waals surface area contributed by atoms with E-state index in [0.29, 0.717) is 33.3 Å². The number of carbonyl (C=O) groups excluding carboxylic acids is 4. The fraction of sp³-hybridized carbons (Fsp3) is 0.278.